The summed E-state index contributed by atoms with van der Waals surface area (Å²) in [5.74, 6) is -0.105. The second-order valence-electron chi connectivity index (χ2n) is 5.16. The van der Waals surface area contributed by atoms with Crippen LogP contribution >= 0.6 is 15.2 Å². The summed E-state index contributed by atoms with van der Waals surface area (Å²) in [5, 5.41) is 7.54. The highest BCUT2D eigenvalue weighted by molar-refractivity contribution is 7.73. The van der Waals surface area contributed by atoms with Crippen molar-refractivity contribution in [2.45, 2.75) is 11.5 Å². The Morgan fingerprint density at radius 3 is 1.52 bits per heavy atom. The van der Waals surface area contributed by atoms with E-state index in [0.717, 1.165) is 0 Å². The van der Waals surface area contributed by atoms with Gasteiger partial charge in [-0.25, -0.2) is 9.13 Å². The summed E-state index contributed by atoms with van der Waals surface area (Å²) in [6.07, 6.45) is -0.686. The lowest BCUT2D eigenvalue weighted by molar-refractivity contribution is 0.129. The van der Waals surface area contributed by atoms with Crippen molar-refractivity contribution >= 4 is 15.2 Å². The summed E-state index contributed by atoms with van der Waals surface area (Å²) in [4.78, 5) is 20.5. The molecule has 0 aliphatic heterocycles. The molecule has 25 heavy (non-hydrogen) atoms. The van der Waals surface area contributed by atoms with Crippen LogP contribution in [-0.4, -0.2) is 26.5 Å². The van der Waals surface area contributed by atoms with Crippen LogP contribution in [-0.2, 0) is 9.13 Å². The van der Waals surface area contributed by atoms with Crippen LogP contribution < -0.4 is 14.8 Å². The number of hydrogen-bond acceptors (Lipinski definition) is 6. The summed E-state index contributed by atoms with van der Waals surface area (Å²) >= 11 is 0. The normalized spacial score (nSPS) is 18.4. The Morgan fingerprint density at radius 1 is 0.840 bits per heavy atom. The van der Waals surface area contributed by atoms with Crippen molar-refractivity contribution in [1.29, 1.82) is 0 Å². The number of para-hydroxylation sites is 2. The van der Waals surface area contributed by atoms with E-state index in [1.54, 1.807) is 12.1 Å². The summed E-state index contributed by atoms with van der Waals surface area (Å²) in [7, 11) is -10.1. The van der Waals surface area contributed by atoms with Gasteiger partial charge in [-0.05, 0) is 30.8 Å². The minimum Gasteiger partial charge on any atom is -0.422 e. The number of nitrogens with two attached hydrogens (primary N) is 1. The SMILES string of the molecule is NCCC(O)(P(=O)(O)Oc1ccccc1)P(=O)(O)Oc1ccccc1. The zero-order valence-corrected chi connectivity index (χ0v) is 14.9. The highest BCUT2D eigenvalue weighted by Gasteiger charge is 2.63. The Bertz CT molecular complexity index is 723. The zero-order chi connectivity index (χ0) is 18.6. The van der Waals surface area contributed by atoms with E-state index in [-0.39, 0.29) is 18.0 Å². The Kier molecular flexibility index (Phi) is 6.06. The highest BCUT2D eigenvalue weighted by atomic mass is 31.2. The molecule has 0 spiro atoms. The largest absolute Gasteiger partial charge is 0.422 e. The highest BCUT2D eigenvalue weighted by Crippen LogP contribution is 2.72. The van der Waals surface area contributed by atoms with Crippen LogP contribution in [0, 0.1) is 0 Å². The van der Waals surface area contributed by atoms with Gasteiger partial charge in [0.15, 0.2) is 0 Å². The molecular weight excluding hydrogens is 368 g/mol. The minimum absolute atomic E-state index is 0.0523. The van der Waals surface area contributed by atoms with Crippen molar-refractivity contribution < 1.29 is 33.1 Å². The summed E-state index contributed by atoms with van der Waals surface area (Å²) in [5.41, 5.74) is 5.36. The van der Waals surface area contributed by atoms with Crippen LogP contribution in [0.5, 0.6) is 11.5 Å². The van der Waals surface area contributed by atoms with Crippen molar-refractivity contribution in [3.63, 3.8) is 0 Å². The first-order chi connectivity index (χ1) is 11.7. The van der Waals surface area contributed by atoms with Crippen molar-refractivity contribution in [3.05, 3.63) is 60.7 Å². The predicted molar refractivity (Wildman–Crippen MR) is 92.4 cm³/mol. The first-order valence-corrected chi connectivity index (χ1v) is 10.4. The van der Waals surface area contributed by atoms with E-state index in [2.05, 4.69) is 0 Å². The summed E-state index contributed by atoms with van der Waals surface area (Å²) in [6, 6.07) is 14.9. The fourth-order valence-electron chi connectivity index (χ4n) is 2.03. The van der Waals surface area contributed by atoms with Crippen molar-refractivity contribution in [1.82, 2.24) is 0 Å². The molecule has 10 heteroatoms. The molecule has 0 saturated carbocycles. The van der Waals surface area contributed by atoms with E-state index >= 15 is 0 Å². The molecule has 0 aliphatic carbocycles. The molecule has 0 fully saturated rings. The first-order valence-electron chi connectivity index (χ1n) is 7.29. The molecule has 0 saturated heterocycles. The first kappa shape index (κ1) is 19.7. The van der Waals surface area contributed by atoms with Gasteiger partial charge < -0.3 is 29.7 Å². The number of benzene rings is 2. The van der Waals surface area contributed by atoms with Gasteiger partial charge in [-0.3, -0.25) is 0 Å². The van der Waals surface area contributed by atoms with Gasteiger partial charge in [-0.1, -0.05) is 36.4 Å². The van der Waals surface area contributed by atoms with Crippen LogP contribution in [0.2, 0.25) is 0 Å². The van der Waals surface area contributed by atoms with Crippen LogP contribution in [0.1, 0.15) is 6.42 Å². The number of hydrogen-bond donors (Lipinski definition) is 4. The molecule has 0 amide bonds. The molecule has 5 N–H and O–H groups in total. The number of aliphatic hydroxyl groups is 1. The van der Waals surface area contributed by atoms with Crippen LogP contribution in [0.4, 0.5) is 0 Å². The third-order valence-corrected chi connectivity index (χ3v) is 8.02. The molecule has 2 aromatic carbocycles. The lowest BCUT2D eigenvalue weighted by atomic mass is 10.3. The average molecular weight is 387 g/mol. The summed E-state index contributed by atoms with van der Waals surface area (Å²) in [6.45, 7) is -0.345. The lowest BCUT2D eigenvalue weighted by Crippen LogP contribution is -2.35. The van der Waals surface area contributed by atoms with Crippen molar-refractivity contribution in [3.8, 4) is 11.5 Å². The van der Waals surface area contributed by atoms with E-state index in [9.17, 15) is 24.0 Å². The maximum Gasteiger partial charge on any atom is 0.421 e. The molecule has 0 bridgehead atoms. The van der Waals surface area contributed by atoms with Crippen molar-refractivity contribution in [2.24, 2.45) is 5.73 Å². The van der Waals surface area contributed by atoms with Gasteiger partial charge in [0.1, 0.15) is 11.5 Å². The standard InChI is InChI=1S/C15H19NO7P2/c16-12-11-15(17,24(18,19)22-13-7-3-1-4-8-13)25(20,21)23-14-9-5-2-6-10-14/h1-10,17H,11-12,16H2,(H,18,19)(H,20,21). The fourth-order valence-corrected chi connectivity index (χ4v) is 5.48. The maximum atomic E-state index is 12.6. The van der Waals surface area contributed by atoms with Gasteiger partial charge in [-0.15, -0.1) is 0 Å². The van der Waals surface area contributed by atoms with E-state index in [1.165, 1.54) is 48.5 Å². The van der Waals surface area contributed by atoms with Gasteiger partial charge in [0.2, 0.25) is 0 Å². The van der Waals surface area contributed by atoms with Crippen molar-refractivity contribution in [2.75, 3.05) is 6.54 Å². The van der Waals surface area contributed by atoms with Gasteiger partial charge in [0, 0.05) is 6.42 Å². The van der Waals surface area contributed by atoms with Crippen LogP contribution in [0.3, 0.4) is 0 Å². The van der Waals surface area contributed by atoms with Gasteiger partial charge >= 0.3 is 15.2 Å². The van der Waals surface area contributed by atoms with Crippen LogP contribution in [0.15, 0.2) is 60.7 Å². The fraction of sp³-hybridized carbons (Fsp3) is 0.200. The van der Waals surface area contributed by atoms with Gasteiger partial charge in [0.25, 0.3) is 5.08 Å². The second kappa shape index (κ2) is 7.70. The van der Waals surface area contributed by atoms with E-state index in [0.29, 0.717) is 0 Å². The molecule has 136 valence electrons. The molecule has 2 rings (SSSR count). The topological polar surface area (TPSA) is 139 Å². The lowest BCUT2D eigenvalue weighted by Gasteiger charge is -2.33. The second-order valence-corrected chi connectivity index (χ2v) is 9.44. The molecular formula is C15H19NO7P2. The predicted octanol–water partition coefficient (Wildman–Crippen LogP) is 2.51. The maximum absolute atomic E-state index is 12.6. The molecule has 2 atom stereocenters. The Morgan fingerprint density at radius 2 is 1.20 bits per heavy atom. The molecule has 0 radical (unpaired) electrons. The third-order valence-electron chi connectivity index (χ3n) is 3.33. The zero-order valence-electron chi connectivity index (χ0n) is 13.1. The monoisotopic (exact) mass is 387 g/mol. The van der Waals surface area contributed by atoms with Gasteiger partial charge in [0.05, 0.1) is 0 Å². The Hall–Kier alpha value is -1.66. The van der Waals surface area contributed by atoms with E-state index < -0.39 is 26.7 Å². The van der Waals surface area contributed by atoms with Gasteiger partial charge in [-0.2, -0.15) is 0 Å². The Balaban J connectivity index is 2.38. The smallest absolute Gasteiger partial charge is 0.421 e. The minimum atomic E-state index is -5.07. The molecule has 8 nitrogen and oxygen atoms in total. The molecule has 2 aromatic rings. The Labute approximate surface area is 144 Å². The molecule has 0 aliphatic rings. The quantitative estimate of drug-likeness (QED) is 0.507. The molecule has 0 aromatic heterocycles. The number of rotatable bonds is 8. The molecule has 2 unspecified atom stereocenters. The van der Waals surface area contributed by atoms with E-state index in [1.807, 2.05) is 0 Å². The molecule has 0 heterocycles. The summed E-state index contributed by atoms with van der Waals surface area (Å²) < 4.78 is 35.2. The van der Waals surface area contributed by atoms with E-state index in [4.69, 9.17) is 14.8 Å². The third kappa shape index (κ3) is 4.30. The average Bonchev–Trinajstić information content (AvgIpc) is 2.55. The van der Waals surface area contributed by atoms with Crippen LogP contribution in [0.25, 0.3) is 0 Å².